The smallest absolute Gasteiger partial charge is 0.407 e. The van der Waals surface area contributed by atoms with Crippen LogP contribution in [0.4, 0.5) is 4.79 Å². The summed E-state index contributed by atoms with van der Waals surface area (Å²) >= 11 is 0. The Morgan fingerprint density at radius 2 is 2.11 bits per heavy atom. The predicted molar refractivity (Wildman–Crippen MR) is 62.0 cm³/mol. The van der Waals surface area contributed by atoms with Crippen molar-refractivity contribution in [1.82, 2.24) is 10.2 Å². The summed E-state index contributed by atoms with van der Waals surface area (Å²) in [5, 5.41) is 11.2. The van der Waals surface area contributed by atoms with E-state index in [0.717, 1.165) is 0 Å². The first kappa shape index (κ1) is 14.3. The van der Waals surface area contributed by atoms with Crippen molar-refractivity contribution in [2.24, 2.45) is 0 Å². The van der Waals surface area contributed by atoms with E-state index in [0.29, 0.717) is 0 Å². The molecule has 2 amide bonds. The van der Waals surface area contributed by atoms with Crippen molar-refractivity contribution in [3.05, 3.63) is 0 Å². The molecule has 102 valence electrons. The number of rotatable bonds is 3. The number of aliphatic carboxylic acids is 1. The number of likely N-dealkylation sites (tertiary alicyclic amines) is 1. The quantitative estimate of drug-likeness (QED) is 0.753. The van der Waals surface area contributed by atoms with Gasteiger partial charge < -0.3 is 20.1 Å². The first-order chi connectivity index (χ1) is 8.17. The number of alkyl carbamates (subject to hydrolysis) is 1. The minimum atomic E-state index is -1.07. The van der Waals surface area contributed by atoms with Crippen LogP contribution in [0.25, 0.3) is 0 Å². The van der Waals surface area contributed by atoms with Gasteiger partial charge in [0.05, 0.1) is 6.04 Å². The van der Waals surface area contributed by atoms with E-state index in [-0.39, 0.29) is 25.4 Å². The molecule has 1 fully saturated rings. The van der Waals surface area contributed by atoms with Crippen LogP contribution in [0.2, 0.25) is 0 Å². The maximum Gasteiger partial charge on any atom is 0.407 e. The van der Waals surface area contributed by atoms with Gasteiger partial charge in [0.15, 0.2) is 0 Å². The third-order valence-electron chi connectivity index (χ3n) is 2.26. The van der Waals surface area contributed by atoms with Crippen LogP contribution in [0.1, 0.15) is 27.2 Å². The lowest BCUT2D eigenvalue weighted by Crippen LogP contribution is -2.41. The number of carbonyl (C=O) groups excluding carboxylic acids is 2. The number of nitrogens with one attached hydrogen (secondary N) is 1. The Morgan fingerprint density at radius 3 is 2.61 bits per heavy atom. The Hall–Kier alpha value is -1.79. The molecule has 0 aliphatic carbocycles. The Bertz CT molecular complexity index is 361. The summed E-state index contributed by atoms with van der Waals surface area (Å²) in [5.41, 5.74) is -0.604. The second-order valence-electron chi connectivity index (χ2n) is 5.22. The molecule has 18 heavy (non-hydrogen) atoms. The second-order valence-corrected chi connectivity index (χ2v) is 5.22. The lowest BCUT2D eigenvalue weighted by molar-refractivity contribution is -0.142. The molecule has 0 radical (unpaired) electrons. The summed E-state index contributed by atoms with van der Waals surface area (Å²) in [5.74, 6) is -1.35. The zero-order valence-corrected chi connectivity index (χ0v) is 10.7. The van der Waals surface area contributed by atoms with Gasteiger partial charge >= 0.3 is 12.1 Å². The van der Waals surface area contributed by atoms with Crippen molar-refractivity contribution < 1.29 is 24.2 Å². The Labute approximate surface area is 105 Å². The van der Waals surface area contributed by atoms with Gasteiger partial charge in [-0.1, -0.05) is 0 Å². The van der Waals surface area contributed by atoms with Crippen LogP contribution in [0, 0.1) is 0 Å². The molecule has 0 spiro atoms. The number of nitrogens with zero attached hydrogens (tertiary/aromatic N) is 1. The fraction of sp³-hybridized carbons (Fsp3) is 0.727. The minimum absolute atomic E-state index is 0.104. The number of amides is 2. The first-order valence-corrected chi connectivity index (χ1v) is 5.66. The molecule has 7 nitrogen and oxygen atoms in total. The molecular weight excluding hydrogens is 240 g/mol. The highest BCUT2D eigenvalue weighted by molar-refractivity contribution is 5.84. The highest BCUT2D eigenvalue weighted by Crippen LogP contribution is 2.12. The second kappa shape index (κ2) is 5.24. The standard InChI is InChI=1S/C11H18N2O5/c1-11(2,3)18-10(17)12-7-4-8(14)13(5-7)6-9(15)16/h7H,4-6H2,1-3H3,(H,12,17)(H,15,16)/t7-/m1/s1. The number of hydrogen-bond donors (Lipinski definition) is 2. The van der Waals surface area contributed by atoms with Gasteiger partial charge in [0.1, 0.15) is 12.1 Å². The van der Waals surface area contributed by atoms with Crippen molar-refractivity contribution in [1.29, 1.82) is 0 Å². The molecule has 0 saturated carbocycles. The van der Waals surface area contributed by atoms with Crippen LogP contribution >= 0.6 is 0 Å². The molecule has 1 atom stereocenters. The maximum atomic E-state index is 11.5. The van der Waals surface area contributed by atoms with Gasteiger partial charge in [0.2, 0.25) is 5.91 Å². The number of carboxylic acid groups (broad SMARTS) is 1. The molecule has 1 aliphatic heterocycles. The molecule has 7 heteroatoms. The summed E-state index contributed by atoms with van der Waals surface area (Å²) < 4.78 is 5.06. The topological polar surface area (TPSA) is 95.9 Å². The summed E-state index contributed by atoms with van der Waals surface area (Å²) in [6.07, 6.45) is -0.496. The molecule has 1 saturated heterocycles. The Morgan fingerprint density at radius 1 is 1.50 bits per heavy atom. The molecular formula is C11H18N2O5. The number of carbonyl (C=O) groups is 3. The van der Waals surface area contributed by atoms with E-state index in [9.17, 15) is 14.4 Å². The van der Waals surface area contributed by atoms with Crippen LogP contribution < -0.4 is 5.32 Å². The van der Waals surface area contributed by atoms with E-state index in [1.54, 1.807) is 20.8 Å². The van der Waals surface area contributed by atoms with Crippen molar-refractivity contribution in [2.45, 2.75) is 38.8 Å². The van der Waals surface area contributed by atoms with Crippen LogP contribution in [-0.2, 0) is 14.3 Å². The lowest BCUT2D eigenvalue weighted by Gasteiger charge is -2.21. The molecule has 2 N–H and O–H groups in total. The van der Waals surface area contributed by atoms with E-state index >= 15 is 0 Å². The van der Waals surface area contributed by atoms with Gasteiger partial charge in [-0.3, -0.25) is 9.59 Å². The van der Waals surface area contributed by atoms with Gasteiger partial charge in [-0.05, 0) is 20.8 Å². The molecule has 0 aromatic rings. The van der Waals surface area contributed by atoms with E-state index < -0.39 is 23.7 Å². The molecule has 0 bridgehead atoms. The van der Waals surface area contributed by atoms with Crippen molar-refractivity contribution in [3.63, 3.8) is 0 Å². The number of ether oxygens (including phenoxy) is 1. The van der Waals surface area contributed by atoms with E-state index in [4.69, 9.17) is 9.84 Å². The number of hydrogen-bond acceptors (Lipinski definition) is 4. The molecule has 0 unspecified atom stereocenters. The highest BCUT2D eigenvalue weighted by atomic mass is 16.6. The Kier molecular flexibility index (Phi) is 4.15. The van der Waals surface area contributed by atoms with E-state index in [1.807, 2.05) is 0 Å². The molecule has 0 aromatic heterocycles. The van der Waals surface area contributed by atoms with E-state index in [2.05, 4.69) is 5.32 Å². The summed E-state index contributed by atoms with van der Waals surface area (Å²) in [7, 11) is 0. The molecule has 1 rings (SSSR count). The van der Waals surface area contributed by atoms with Crippen LogP contribution in [0.5, 0.6) is 0 Å². The zero-order valence-electron chi connectivity index (χ0n) is 10.7. The lowest BCUT2D eigenvalue weighted by atomic mass is 10.2. The Balaban J connectivity index is 2.44. The van der Waals surface area contributed by atoms with Crippen LogP contribution in [0.3, 0.4) is 0 Å². The third kappa shape index (κ3) is 4.60. The molecule has 0 aromatic carbocycles. The fourth-order valence-electron chi connectivity index (χ4n) is 1.66. The van der Waals surface area contributed by atoms with Gasteiger partial charge in [0.25, 0.3) is 0 Å². The first-order valence-electron chi connectivity index (χ1n) is 5.66. The summed E-state index contributed by atoms with van der Waals surface area (Å²) in [6.45, 7) is 5.07. The normalized spacial score (nSPS) is 19.8. The average molecular weight is 258 g/mol. The zero-order chi connectivity index (χ0) is 13.9. The summed E-state index contributed by atoms with van der Waals surface area (Å²) in [4.78, 5) is 34.6. The van der Waals surface area contributed by atoms with Gasteiger partial charge in [-0.15, -0.1) is 0 Å². The van der Waals surface area contributed by atoms with Crippen molar-refractivity contribution >= 4 is 18.0 Å². The molecule has 1 aliphatic rings. The van der Waals surface area contributed by atoms with Gasteiger partial charge in [-0.2, -0.15) is 0 Å². The number of carboxylic acids is 1. The fourth-order valence-corrected chi connectivity index (χ4v) is 1.66. The van der Waals surface area contributed by atoms with Crippen LogP contribution in [0.15, 0.2) is 0 Å². The van der Waals surface area contributed by atoms with Gasteiger partial charge in [0, 0.05) is 13.0 Å². The highest BCUT2D eigenvalue weighted by Gasteiger charge is 2.32. The monoisotopic (exact) mass is 258 g/mol. The van der Waals surface area contributed by atoms with Crippen molar-refractivity contribution in [2.75, 3.05) is 13.1 Å². The van der Waals surface area contributed by atoms with Crippen LogP contribution in [-0.4, -0.2) is 52.7 Å². The third-order valence-corrected chi connectivity index (χ3v) is 2.26. The summed E-state index contributed by atoms with van der Waals surface area (Å²) in [6, 6.07) is -0.397. The van der Waals surface area contributed by atoms with Gasteiger partial charge in [-0.25, -0.2) is 4.79 Å². The predicted octanol–water partition coefficient (Wildman–Crippen LogP) is 0.197. The van der Waals surface area contributed by atoms with E-state index in [1.165, 1.54) is 4.90 Å². The van der Waals surface area contributed by atoms with Crippen molar-refractivity contribution in [3.8, 4) is 0 Å². The average Bonchev–Trinajstić information content (AvgIpc) is 2.41. The minimum Gasteiger partial charge on any atom is -0.480 e. The SMILES string of the molecule is CC(C)(C)OC(=O)N[C@@H]1CC(=O)N(CC(=O)O)C1. The largest absolute Gasteiger partial charge is 0.480 e. The molecule has 1 heterocycles. The maximum absolute atomic E-state index is 11.5.